The molecular weight excluding hydrogens is 352 g/mol. The van der Waals surface area contributed by atoms with E-state index >= 15 is 0 Å². The first-order valence-electron chi connectivity index (χ1n) is 8.98. The maximum absolute atomic E-state index is 12.7. The summed E-state index contributed by atoms with van der Waals surface area (Å²) in [5, 5.41) is 2.97. The molecule has 0 saturated heterocycles. The first-order valence-corrected chi connectivity index (χ1v) is 8.98. The molecule has 4 rings (SSSR count). The Kier molecular flexibility index (Phi) is 4.57. The molecule has 0 aliphatic carbocycles. The van der Waals surface area contributed by atoms with Crippen LogP contribution in [-0.2, 0) is 0 Å². The van der Waals surface area contributed by atoms with Gasteiger partial charge < -0.3 is 14.5 Å². The Morgan fingerprint density at radius 3 is 2.68 bits per heavy atom. The quantitative estimate of drug-likeness (QED) is 0.523. The van der Waals surface area contributed by atoms with Gasteiger partial charge >= 0.3 is 0 Å². The van der Waals surface area contributed by atoms with Crippen LogP contribution >= 0.6 is 0 Å². The van der Waals surface area contributed by atoms with Gasteiger partial charge in [-0.25, -0.2) is 4.98 Å². The summed E-state index contributed by atoms with van der Waals surface area (Å²) in [4.78, 5) is 17.3. The average Bonchev–Trinajstić information content (AvgIpc) is 3.12. The van der Waals surface area contributed by atoms with Crippen LogP contribution in [0.4, 0.5) is 5.69 Å². The second kappa shape index (κ2) is 7.19. The molecule has 0 aliphatic rings. The van der Waals surface area contributed by atoms with E-state index in [4.69, 9.17) is 9.15 Å². The summed E-state index contributed by atoms with van der Waals surface area (Å²) in [5.74, 6) is 0.834. The summed E-state index contributed by atoms with van der Waals surface area (Å²) >= 11 is 0. The van der Waals surface area contributed by atoms with E-state index in [-0.39, 0.29) is 5.91 Å². The molecule has 5 heteroatoms. The number of methoxy groups -OCH3 is 1. The molecule has 1 heterocycles. The Balaban J connectivity index is 1.69. The number of hydrogen-bond acceptors (Lipinski definition) is 4. The van der Waals surface area contributed by atoms with Gasteiger partial charge in [0.25, 0.3) is 5.91 Å². The van der Waals surface area contributed by atoms with Crippen molar-refractivity contribution in [1.29, 1.82) is 0 Å². The van der Waals surface area contributed by atoms with Crippen LogP contribution in [0.5, 0.6) is 5.75 Å². The van der Waals surface area contributed by atoms with Crippen LogP contribution in [-0.4, -0.2) is 18.0 Å². The van der Waals surface area contributed by atoms with E-state index in [1.807, 2.05) is 56.3 Å². The predicted octanol–water partition coefficient (Wildman–Crippen LogP) is 5.37. The Bertz CT molecular complexity index is 1180. The molecule has 4 aromatic rings. The molecule has 5 nitrogen and oxygen atoms in total. The molecule has 0 unspecified atom stereocenters. The lowest BCUT2D eigenvalue weighted by Crippen LogP contribution is -2.14. The van der Waals surface area contributed by atoms with Gasteiger partial charge in [0.1, 0.15) is 11.3 Å². The number of aryl methyl sites for hydroxylation is 1. The van der Waals surface area contributed by atoms with E-state index in [9.17, 15) is 4.79 Å². The number of rotatable bonds is 4. The molecule has 0 atom stereocenters. The van der Waals surface area contributed by atoms with Gasteiger partial charge in [-0.1, -0.05) is 24.3 Å². The molecule has 1 amide bonds. The van der Waals surface area contributed by atoms with E-state index in [1.165, 1.54) is 0 Å². The third-order valence-corrected chi connectivity index (χ3v) is 4.71. The summed E-state index contributed by atoms with van der Waals surface area (Å²) in [5.41, 5.74) is 5.57. The number of nitrogens with one attached hydrogen (secondary N) is 1. The minimum Gasteiger partial charge on any atom is -0.496 e. The first-order chi connectivity index (χ1) is 13.6. The van der Waals surface area contributed by atoms with Crippen molar-refractivity contribution in [2.45, 2.75) is 13.8 Å². The van der Waals surface area contributed by atoms with Gasteiger partial charge in [-0.05, 0) is 61.4 Å². The van der Waals surface area contributed by atoms with Gasteiger partial charge in [0, 0.05) is 11.3 Å². The number of hydrogen-bond donors (Lipinski definition) is 1. The predicted molar refractivity (Wildman–Crippen MR) is 110 cm³/mol. The number of aromatic nitrogens is 1. The van der Waals surface area contributed by atoms with E-state index in [2.05, 4.69) is 10.3 Å². The van der Waals surface area contributed by atoms with Gasteiger partial charge in [0.2, 0.25) is 5.89 Å². The third kappa shape index (κ3) is 3.22. The minimum absolute atomic E-state index is 0.231. The molecule has 1 aromatic heterocycles. The smallest absolute Gasteiger partial charge is 0.259 e. The van der Waals surface area contributed by atoms with Crippen LogP contribution in [0.2, 0.25) is 0 Å². The second-order valence-electron chi connectivity index (χ2n) is 6.62. The molecule has 0 saturated carbocycles. The molecule has 0 bridgehead atoms. The van der Waals surface area contributed by atoms with E-state index in [1.54, 1.807) is 25.3 Å². The molecule has 0 fully saturated rings. The number of amides is 1. The van der Waals surface area contributed by atoms with E-state index < -0.39 is 0 Å². The number of ether oxygens (including phenoxy) is 1. The van der Waals surface area contributed by atoms with Crippen molar-refractivity contribution < 1.29 is 13.9 Å². The van der Waals surface area contributed by atoms with Crippen molar-refractivity contribution in [3.8, 4) is 17.2 Å². The Hall–Kier alpha value is -3.60. The summed E-state index contributed by atoms with van der Waals surface area (Å²) in [6, 6.07) is 18.7. The zero-order valence-electron chi connectivity index (χ0n) is 15.9. The second-order valence-corrected chi connectivity index (χ2v) is 6.62. The number of fused-ring (bicyclic) bond motifs is 1. The average molecular weight is 372 g/mol. The lowest BCUT2D eigenvalue weighted by atomic mass is 10.1. The molecule has 3 aromatic carbocycles. The number of nitrogens with zero attached hydrogens (tertiary/aromatic N) is 1. The van der Waals surface area contributed by atoms with Gasteiger partial charge in [-0.2, -0.15) is 0 Å². The molecule has 1 N–H and O–H groups in total. The van der Waals surface area contributed by atoms with Crippen LogP contribution in [0.15, 0.2) is 65.1 Å². The van der Waals surface area contributed by atoms with Crippen molar-refractivity contribution in [3.05, 3.63) is 77.4 Å². The Morgan fingerprint density at radius 1 is 1.04 bits per heavy atom. The lowest BCUT2D eigenvalue weighted by molar-refractivity contribution is 0.102. The molecule has 140 valence electrons. The number of carbonyl (C=O) groups excluding carboxylic acids is 1. The largest absolute Gasteiger partial charge is 0.496 e. The standard InChI is InChI=1S/C23H20N2O3/c1-14-11-12-19-21(13-14)28-23(25-19)16-8-6-9-18(15(16)2)24-22(26)17-7-4-5-10-20(17)27-3/h4-13H,1-3H3,(H,24,26). The lowest BCUT2D eigenvalue weighted by Gasteiger charge is -2.12. The first kappa shape index (κ1) is 17.8. The van der Waals surface area contributed by atoms with E-state index in [0.717, 1.165) is 27.8 Å². The fourth-order valence-electron chi connectivity index (χ4n) is 3.17. The van der Waals surface area contributed by atoms with Crippen LogP contribution in [0, 0.1) is 13.8 Å². The van der Waals surface area contributed by atoms with Crippen LogP contribution in [0.1, 0.15) is 21.5 Å². The maximum Gasteiger partial charge on any atom is 0.259 e. The fraction of sp³-hybridized carbons (Fsp3) is 0.130. The number of carbonyl (C=O) groups is 1. The monoisotopic (exact) mass is 372 g/mol. The number of oxazole rings is 1. The Morgan fingerprint density at radius 2 is 1.86 bits per heavy atom. The number of anilines is 1. The number of benzene rings is 3. The van der Waals surface area contributed by atoms with Gasteiger partial charge in [-0.3, -0.25) is 4.79 Å². The SMILES string of the molecule is COc1ccccc1C(=O)Nc1cccc(-c2nc3ccc(C)cc3o2)c1C. The molecule has 0 aliphatic heterocycles. The van der Waals surface area contributed by atoms with Crippen molar-refractivity contribution in [2.75, 3.05) is 12.4 Å². The van der Waals surface area contributed by atoms with Gasteiger partial charge in [-0.15, -0.1) is 0 Å². The molecule has 0 spiro atoms. The topological polar surface area (TPSA) is 64.4 Å². The highest BCUT2D eigenvalue weighted by Crippen LogP contribution is 2.31. The summed E-state index contributed by atoms with van der Waals surface area (Å²) < 4.78 is 11.2. The zero-order chi connectivity index (χ0) is 19.7. The highest BCUT2D eigenvalue weighted by Gasteiger charge is 2.16. The fourth-order valence-corrected chi connectivity index (χ4v) is 3.17. The highest BCUT2D eigenvalue weighted by molar-refractivity contribution is 6.06. The van der Waals surface area contributed by atoms with Gasteiger partial charge in [0.05, 0.1) is 12.7 Å². The van der Waals surface area contributed by atoms with E-state index in [0.29, 0.717) is 22.9 Å². The van der Waals surface area contributed by atoms with Crippen LogP contribution in [0.25, 0.3) is 22.6 Å². The minimum atomic E-state index is -0.231. The molecular formula is C23H20N2O3. The summed E-state index contributed by atoms with van der Waals surface area (Å²) in [6.07, 6.45) is 0. The zero-order valence-corrected chi connectivity index (χ0v) is 15.9. The van der Waals surface area contributed by atoms with Crippen molar-refractivity contribution in [2.24, 2.45) is 0 Å². The Labute approximate surface area is 163 Å². The van der Waals surface area contributed by atoms with Crippen LogP contribution < -0.4 is 10.1 Å². The molecule has 28 heavy (non-hydrogen) atoms. The number of para-hydroxylation sites is 1. The third-order valence-electron chi connectivity index (χ3n) is 4.71. The summed E-state index contributed by atoms with van der Waals surface area (Å²) in [7, 11) is 1.55. The highest BCUT2D eigenvalue weighted by atomic mass is 16.5. The van der Waals surface area contributed by atoms with Crippen molar-refractivity contribution in [1.82, 2.24) is 4.98 Å². The van der Waals surface area contributed by atoms with Gasteiger partial charge in [0.15, 0.2) is 5.58 Å². The molecule has 0 radical (unpaired) electrons. The van der Waals surface area contributed by atoms with Crippen molar-refractivity contribution in [3.63, 3.8) is 0 Å². The maximum atomic E-state index is 12.7. The summed E-state index contributed by atoms with van der Waals surface area (Å²) in [6.45, 7) is 3.95. The van der Waals surface area contributed by atoms with Crippen molar-refractivity contribution >= 4 is 22.7 Å². The normalized spacial score (nSPS) is 10.8. The van der Waals surface area contributed by atoms with Crippen LogP contribution in [0.3, 0.4) is 0 Å².